The zero-order valence-corrected chi connectivity index (χ0v) is 19.5. The number of rotatable bonds is 8. The number of aromatic nitrogens is 1. The molecule has 32 heavy (non-hydrogen) atoms. The van der Waals surface area contributed by atoms with Crippen molar-refractivity contribution >= 4 is 38.7 Å². The Bertz CT molecular complexity index is 1170. The van der Waals surface area contributed by atoms with Crippen LogP contribution in [0.5, 0.6) is 5.75 Å². The smallest absolute Gasteiger partial charge is 0.243 e. The second-order valence-corrected chi connectivity index (χ2v) is 10.4. The molecule has 3 aromatic rings. The van der Waals surface area contributed by atoms with E-state index in [0.29, 0.717) is 47.8 Å². The van der Waals surface area contributed by atoms with E-state index in [4.69, 9.17) is 21.1 Å². The van der Waals surface area contributed by atoms with Gasteiger partial charge in [0, 0.05) is 29.1 Å². The first kappa shape index (κ1) is 22.9. The summed E-state index contributed by atoms with van der Waals surface area (Å²) in [6.07, 6.45) is 0.168. The lowest BCUT2D eigenvalue weighted by Gasteiger charge is -2.26. The van der Waals surface area contributed by atoms with Crippen LogP contribution in [0.4, 0.5) is 0 Å². The third-order valence-electron chi connectivity index (χ3n) is 4.87. The van der Waals surface area contributed by atoms with Gasteiger partial charge in [-0.05, 0) is 36.4 Å². The van der Waals surface area contributed by atoms with Crippen LogP contribution < -0.4 is 4.74 Å². The van der Waals surface area contributed by atoms with Gasteiger partial charge in [-0.1, -0.05) is 23.7 Å². The molecule has 1 aliphatic rings. The third kappa shape index (κ3) is 5.54. The quantitative estimate of drug-likeness (QED) is 0.477. The Labute approximate surface area is 195 Å². The monoisotopic (exact) mass is 492 g/mol. The largest absolute Gasteiger partial charge is 0.486 e. The molecule has 0 spiro atoms. The Morgan fingerprint density at radius 1 is 1.09 bits per heavy atom. The van der Waals surface area contributed by atoms with E-state index in [-0.39, 0.29) is 23.7 Å². The van der Waals surface area contributed by atoms with Crippen LogP contribution in [-0.2, 0) is 26.0 Å². The van der Waals surface area contributed by atoms with Gasteiger partial charge in [0.15, 0.2) is 5.78 Å². The van der Waals surface area contributed by atoms with E-state index >= 15 is 0 Å². The molecule has 0 aliphatic carbocycles. The number of benzene rings is 2. The molecule has 0 unspecified atom stereocenters. The van der Waals surface area contributed by atoms with Crippen molar-refractivity contribution in [3.63, 3.8) is 0 Å². The number of nitrogens with zero attached hydrogens (tertiary/aromatic N) is 2. The van der Waals surface area contributed by atoms with Gasteiger partial charge in [0.1, 0.15) is 17.4 Å². The molecule has 0 bridgehead atoms. The average Bonchev–Trinajstić information content (AvgIpc) is 3.28. The molecule has 4 rings (SSSR count). The summed E-state index contributed by atoms with van der Waals surface area (Å²) in [5.74, 6) is 0.488. The number of carbonyl (C=O) groups is 1. The minimum absolute atomic E-state index is 0.0510. The summed E-state index contributed by atoms with van der Waals surface area (Å²) in [5.41, 5.74) is 1.49. The number of ketones is 1. The van der Waals surface area contributed by atoms with Crippen LogP contribution >= 0.6 is 22.9 Å². The number of sulfonamides is 1. The minimum atomic E-state index is -3.53. The van der Waals surface area contributed by atoms with Crippen molar-refractivity contribution in [3.8, 4) is 17.0 Å². The Morgan fingerprint density at radius 2 is 1.78 bits per heavy atom. The lowest BCUT2D eigenvalue weighted by molar-refractivity contribution is -0.120. The molecule has 0 amide bonds. The zero-order valence-electron chi connectivity index (χ0n) is 17.1. The highest BCUT2D eigenvalue weighted by atomic mass is 35.5. The summed E-state index contributed by atoms with van der Waals surface area (Å²) in [6.45, 7) is 1.47. The zero-order chi connectivity index (χ0) is 22.6. The second kappa shape index (κ2) is 10.1. The maximum atomic E-state index is 12.7. The lowest BCUT2D eigenvalue weighted by atomic mass is 10.2. The van der Waals surface area contributed by atoms with Gasteiger partial charge in [-0.3, -0.25) is 4.79 Å². The van der Waals surface area contributed by atoms with Crippen LogP contribution in [0.2, 0.25) is 5.02 Å². The van der Waals surface area contributed by atoms with Crippen molar-refractivity contribution in [2.75, 3.05) is 32.9 Å². The number of ether oxygens (including phenoxy) is 2. The maximum absolute atomic E-state index is 12.7. The minimum Gasteiger partial charge on any atom is -0.486 e. The van der Waals surface area contributed by atoms with Gasteiger partial charge in [0.25, 0.3) is 0 Å². The van der Waals surface area contributed by atoms with E-state index in [9.17, 15) is 13.2 Å². The molecule has 1 fully saturated rings. The molecule has 2 heterocycles. The van der Waals surface area contributed by atoms with Gasteiger partial charge in [-0.25, -0.2) is 13.4 Å². The van der Waals surface area contributed by atoms with E-state index in [1.807, 2.05) is 5.38 Å². The van der Waals surface area contributed by atoms with Crippen LogP contribution in [0, 0.1) is 0 Å². The van der Waals surface area contributed by atoms with Gasteiger partial charge in [-0.15, -0.1) is 11.3 Å². The maximum Gasteiger partial charge on any atom is 0.243 e. The number of carbonyl (C=O) groups excluding carboxylic acids is 1. The van der Waals surface area contributed by atoms with Crippen LogP contribution in [0.25, 0.3) is 11.3 Å². The van der Waals surface area contributed by atoms with Gasteiger partial charge < -0.3 is 9.47 Å². The van der Waals surface area contributed by atoms with Gasteiger partial charge in [-0.2, -0.15) is 4.31 Å². The number of halogens is 1. The summed E-state index contributed by atoms with van der Waals surface area (Å²) >= 11 is 7.22. The first-order valence-corrected chi connectivity index (χ1v) is 12.6. The van der Waals surface area contributed by atoms with Crippen molar-refractivity contribution < 1.29 is 22.7 Å². The Hall–Kier alpha value is -2.30. The first-order valence-electron chi connectivity index (χ1n) is 9.94. The number of Topliss-reactive ketones (excluding diaryl/α,β-unsaturated/α-hetero) is 1. The average molecular weight is 493 g/mol. The SMILES string of the molecule is O=C(COc1ccc(Cl)cc1)Cc1nc(-c2ccc(S(=O)(=O)N3CCOCC3)cc2)cs1. The summed E-state index contributed by atoms with van der Waals surface area (Å²) in [6, 6.07) is 13.5. The molecule has 1 aromatic heterocycles. The molecule has 0 radical (unpaired) electrons. The summed E-state index contributed by atoms with van der Waals surface area (Å²) in [4.78, 5) is 17.0. The molecule has 0 atom stereocenters. The number of morpholine rings is 1. The molecule has 1 saturated heterocycles. The molecule has 168 valence electrons. The summed E-state index contributed by atoms with van der Waals surface area (Å²) in [5, 5.41) is 3.13. The van der Waals surface area contributed by atoms with E-state index in [0.717, 1.165) is 5.56 Å². The van der Waals surface area contributed by atoms with E-state index in [2.05, 4.69) is 4.98 Å². The predicted octanol–water partition coefficient (Wildman–Crippen LogP) is 3.68. The van der Waals surface area contributed by atoms with E-state index < -0.39 is 10.0 Å². The molecule has 0 N–H and O–H groups in total. The summed E-state index contributed by atoms with van der Waals surface area (Å²) in [7, 11) is -3.53. The Kier molecular flexibility index (Phi) is 7.22. The molecule has 10 heteroatoms. The highest BCUT2D eigenvalue weighted by Crippen LogP contribution is 2.25. The van der Waals surface area contributed by atoms with Gasteiger partial charge in [0.2, 0.25) is 10.0 Å². The molecule has 7 nitrogen and oxygen atoms in total. The third-order valence-corrected chi connectivity index (χ3v) is 7.89. The van der Waals surface area contributed by atoms with Crippen LogP contribution in [0.1, 0.15) is 5.01 Å². The van der Waals surface area contributed by atoms with Crippen molar-refractivity contribution in [3.05, 3.63) is 63.9 Å². The van der Waals surface area contributed by atoms with Crippen LogP contribution in [-0.4, -0.2) is 56.4 Å². The first-order chi connectivity index (χ1) is 15.4. The number of hydrogen-bond acceptors (Lipinski definition) is 7. The summed E-state index contributed by atoms with van der Waals surface area (Å²) < 4.78 is 37.6. The molecular weight excluding hydrogens is 472 g/mol. The van der Waals surface area contributed by atoms with Crippen molar-refractivity contribution in [2.24, 2.45) is 0 Å². The van der Waals surface area contributed by atoms with Crippen molar-refractivity contribution in [1.29, 1.82) is 0 Å². The van der Waals surface area contributed by atoms with E-state index in [1.165, 1.54) is 15.6 Å². The predicted molar refractivity (Wildman–Crippen MR) is 123 cm³/mol. The van der Waals surface area contributed by atoms with Gasteiger partial charge in [0.05, 0.1) is 30.2 Å². The molecular formula is C22H21ClN2O5S2. The Balaban J connectivity index is 1.36. The topological polar surface area (TPSA) is 85.8 Å². The van der Waals surface area contributed by atoms with Crippen molar-refractivity contribution in [2.45, 2.75) is 11.3 Å². The van der Waals surface area contributed by atoms with Crippen LogP contribution in [0.3, 0.4) is 0 Å². The molecule has 2 aromatic carbocycles. The number of hydrogen-bond donors (Lipinski definition) is 0. The van der Waals surface area contributed by atoms with E-state index in [1.54, 1.807) is 48.5 Å². The molecule has 1 aliphatic heterocycles. The van der Waals surface area contributed by atoms with Crippen LogP contribution in [0.15, 0.2) is 58.8 Å². The highest BCUT2D eigenvalue weighted by Gasteiger charge is 2.26. The second-order valence-electron chi connectivity index (χ2n) is 7.13. The fourth-order valence-electron chi connectivity index (χ4n) is 3.17. The standard InChI is InChI=1S/C22H21ClN2O5S2/c23-17-3-5-19(6-4-17)30-14-18(26)13-22-24-21(15-31-22)16-1-7-20(8-2-16)32(27,28)25-9-11-29-12-10-25/h1-8,15H,9-14H2. The Morgan fingerprint density at radius 3 is 2.47 bits per heavy atom. The number of thiazole rings is 1. The van der Waals surface area contributed by atoms with Crippen molar-refractivity contribution in [1.82, 2.24) is 9.29 Å². The fraction of sp³-hybridized carbons (Fsp3) is 0.273. The normalized spacial score (nSPS) is 14.9. The fourth-order valence-corrected chi connectivity index (χ4v) is 5.54. The highest BCUT2D eigenvalue weighted by molar-refractivity contribution is 7.89. The van der Waals surface area contributed by atoms with Gasteiger partial charge >= 0.3 is 0 Å². The lowest BCUT2D eigenvalue weighted by Crippen LogP contribution is -2.40. The molecule has 0 saturated carbocycles.